The Morgan fingerprint density at radius 3 is 1.05 bits per heavy atom. The van der Waals surface area contributed by atoms with Crippen molar-refractivity contribution in [2.45, 2.75) is 0 Å². The lowest BCUT2D eigenvalue weighted by Gasteiger charge is -2.11. The minimum atomic E-state index is -0.432. The van der Waals surface area contributed by atoms with Crippen LogP contribution >= 0.6 is 48.0 Å². The Kier molecular flexibility index (Phi) is 8.30. The molecule has 1 fully saturated rings. The maximum absolute atomic E-state index is 11.5. The fourth-order valence-corrected chi connectivity index (χ4v) is 2.88. The molecule has 8 nitrogen and oxygen atoms in total. The molecule has 22 heavy (non-hydrogen) atoms. The first kappa shape index (κ1) is 18.8. The lowest BCUT2D eigenvalue weighted by atomic mass is 10.6. The molecule has 1 aliphatic heterocycles. The maximum Gasteiger partial charge on any atom is 0.236 e. The van der Waals surface area contributed by atoms with Crippen LogP contribution in [0.4, 0.5) is 0 Å². The summed E-state index contributed by atoms with van der Waals surface area (Å²) in [4.78, 5) is 46.1. The van der Waals surface area contributed by atoms with Gasteiger partial charge in [0.05, 0.1) is 23.0 Å². The number of thioether (sulfide) groups is 2. The van der Waals surface area contributed by atoms with Crippen LogP contribution in [0.5, 0.6) is 0 Å². The lowest BCUT2D eigenvalue weighted by Crippen LogP contribution is -2.45. The molecule has 0 atom stereocenters. The summed E-state index contributed by atoms with van der Waals surface area (Å²) in [6, 6.07) is 0. The van der Waals surface area contributed by atoms with Crippen LogP contribution in [-0.4, -0.2) is 56.9 Å². The van der Waals surface area contributed by atoms with Crippen LogP contribution in [0.1, 0.15) is 0 Å². The van der Waals surface area contributed by atoms with Crippen molar-refractivity contribution < 1.29 is 19.2 Å². The molecule has 12 heteroatoms. The van der Waals surface area contributed by atoms with Crippen molar-refractivity contribution in [3.63, 3.8) is 0 Å². The lowest BCUT2D eigenvalue weighted by molar-refractivity contribution is -0.118. The predicted molar refractivity (Wildman–Crippen MR) is 92.4 cm³/mol. The summed E-state index contributed by atoms with van der Waals surface area (Å²) < 4.78 is 0. The summed E-state index contributed by atoms with van der Waals surface area (Å²) >= 11 is 11.7. The molecular formula is C10H12N4O4S4. The highest BCUT2D eigenvalue weighted by Gasteiger charge is 2.13. The molecule has 0 unspecified atom stereocenters. The molecule has 4 N–H and O–H groups in total. The molecule has 0 aliphatic carbocycles. The smallest absolute Gasteiger partial charge is 0.236 e. The van der Waals surface area contributed by atoms with Crippen LogP contribution in [0.25, 0.3) is 0 Å². The van der Waals surface area contributed by atoms with Crippen LogP contribution in [0.2, 0.25) is 0 Å². The van der Waals surface area contributed by atoms with E-state index in [2.05, 4.69) is 21.3 Å². The molecule has 0 saturated carbocycles. The van der Waals surface area contributed by atoms with E-state index in [1.807, 2.05) is 0 Å². The number of nitrogens with one attached hydrogen (secondary N) is 4. The third-order valence-electron chi connectivity index (χ3n) is 1.94. The standard InChI is InChI=1S/C10H12N4O4S4/c15-5-1-21-2-6(16)12-10(20)14-8(18)4-22-3-7(17)13-9(19)11-5/h1-4H2,(H2,11,13,15,17,19)(H2,12,14,16,18,20). The number of rotatable bonds is 0. The molecule has 1 aliphatic rings. The zero-order valence-corrected chi connectivity index (χ0v) is 14.4. The van der Waals surface area contributed by atoms with Crippen molar-refractivity contribution >= 4 is 81.8 Å². The van der Waals surface area contributed by atoms with E-state index in [-0.39, 0.29) is 33.2 Å². The first-order valence-corrected chi connectivity index (χ1v) is 8.92. The molecular weight excluding hydrogens is 368 g/mol. The summed E-state index contributed by atoms with van der Waals surface area (Å²) in [5.74, 6) is -1.79. The zero-order chi connectivity index (χ0) is 16.5. The minimum absolute atomic E-state index is 0.0166. The molecule has 0 spiro atoms. The monoisotopic (exact) mass is 380 g/mol. The molecule has 0 aromatic heterocycles. The Hall–Kier alpha value is -1.24. The van der Waals surface area contributed by atoms with E-state index < -0.39 is 23.6 Å². The largest absolute Gasteiger partial charge is 0.302 e. The number of thiocarbonyl (C=S) groups is 2. The fourth-order valence-electron chi connectivity index (χ4n) is 1.19. The number of hydrogen-bond donors (Lipinski definition) is 4. The molecule has 4 amide bonds. The molecule has 0 aromatic carbocycles. The zero-order valence-electron chi connectivity index (χ0n) is 11.1. The summed E-state index contributed by atoms with van der Waals surface area (Å²) in [5, 5.41) is 9.05. The van der Waals surface area contributed by atoms with Gasteiger partial charge in [0.15, 0.2) is 10.2 Å². The van der Waals surface area contributed by atoms with Crippen molar-refractivity contribution in [1.82, 2.24) is 21.3 Å². The third kappa shape index (κ3) is 8.26. The van der Waals surface area contributed by atoms with Crippen LogP contribution in [0, 0.1) is 0 Å². The average molecular weight is 380 g/mol. The van der Waals surface area contributed by atoms with Gasteiger partial charge in [0.2, 0.25) is 23.6 Å². The molecule has 1 saturated heterocycles. The summed E-state index contributed by atoms with van der Waals surface area (Å²) in [7, 11) is 0. The predicted octanol–water partition coefficient (Wildman–Crippen LogP) is -1.50. The maximum atomic E-state index is 11.5. The van der Waals surface area contributed by atoms with E-state index in [0.717, 1.165) is 23.5 Å². The van der Waals surface area contributed by atoms with Crippen molar-refractivity contribution in [1.29, 1.82) is 0 Å². The van der Waals surface area contributed by atoms with Crippen molar-refractivity contribution in [3.05, 3.63) is 0 Å². The molecule has 1 rings (SSSR count). The van der Waals surface area contributed by atoms with Crippen LogP contribution in [0.15, 0.2) is 0 Å². The van der Waals surface area contributed by atoms with E-state index in [4.69, 9.17) is 24.4 Å². The Morgan fingerprint density at radius 2 is 0.818 bits per heavy atom. The number of carbonyl (C=O) groups excluding carboxylic acids is 4. The van der Waals surface area contributed by atoms with Crippen LogP contribution < -0.4 is 21.3 Å². The summed E-state index contributed by atoms with van der Waals surface area (Å²) in [6.45, 7) is 0. The molecule has 120 valence electrons. The topological polar surface area (TPSA) is 116 Å². The quantitative estimate of drug-likeness (QED) is 0.375. The van der Waals surface area contributed by atoms with Gasteiger partial charge in [0.1, 0.15) is 0 Å². The number of hydrogen-bond acceptors (Lipinski definition) is 8. The molecule has 0 aromatic rings. The van der Waals surface area contributed by atoms with Gasteiger partial charge < -0.3 is 21.3 Å². The van der Waals surface area contributed by atoms with Gasteiger partial charge in [-0.15, -0.1) is 23.5 Å². The summed E-state index contributed by atoms with van der Waals surface area (Å²) in [5.41, 5.74) is 0. The van der Waals surface area contributed by atoms with Gasteiger partial charge in [-0.3, -0.25) is 19.2 Å². The molecule has 0 radical (unpaired) electrons. The minimum Gasteiger partial charge on any atom is -0.302 e. The first-order chi connectivity index (χ1) is 10.4. The van der Waals surface area contributed by atoms with Crippen LogP contribution in [0.3, 0.4) is 0 Å². The van der Waals surface area contributed by atoms with Crippen LogP contribution in [-0.2, 0) is 19.2 Å². The number of carbonyl (C=O) groups is 4. The van der Waals surface area contributed by atoms with Gasteiger partial charge in [-0.2, -0.15) is 0 Å². The van der Waals surface area contributed by atoms with E-state index >= 15 is 0 Å². The second-order valence-corrected chi connectivity index (χ2v) is 6.62. The third-order valence-corrected chi connectivity index (χ3v) is 4.22. The van der Waals surface area contributed by atoms with Gasteiger partial charge in [0.25, 0.3) is 0 Å². The Labute approximate surface area is 145 Å². The van der Waals surface area contributed by atoms with E-state index in [1.54, 1.807) is 0 Å². The second-order valence-electron chi connectivity index (χ2n) is 3.84. The molecule has 1 heterocycles. The highest BCUT2D eigenvalue weighted by molar-refractivity contribution is 8.00. The summed E-state index contributed by atoms with van der Waals surface area (Å²) in [6.07, 6.45) is 0. The Morgan fingerprint density at radius 1 is 0.591 bits per heavy atom. The van der Waals surface area contributed by atoms with E-state index in [1.165, 1.54) is 0 Å². The van der Waals surface area contributed by atoms with Crippen molar-refractivity contribution in [2.24, 2.45) is 0 Å². The number of amides is 4. The first-order valence-electron chi connectivity index (χ1n) is 5.79. The second kappa shape index (κ2) is 9.71. The van der Waals surface area contributed by atoms with Gasteiger partial charge >= 0.3 is 0 Å². The van der Waals surface area contributed by atoms with Gasteiger partial charge in [-0.25, -0.2) is 0 Å². The SMILES string of the molecule is O=C1CSCC(=O)NC(=S)NC(=O)CSCC(=O)NC(=S)N1. The Balaban J connectivity index is 2.62. The van der Waals surface area contributed by atoms with Crippen molar-refractivity contribution in [3.8, 4) is 0 Å². The highest BCUT2D eigenvalue weighted by atomic mass is 32.2. The fraction of sp³-hybridized carbons (Fsp3) is 0.400. The molecule has 0 bridgehead atoms. The van der Waals surface area contributed by atoms with Crippen molar-refractivity contribution in [2.75, 3.05) is 23.0 Å². The van der Waals surface area contributed by atoms with Gasteiger partial charge in [0, 0.05) is 0 Å². The van der Waals surface area contributed by atoms with E-state index in [0.29, 0.717) is 0 Å². The average Bonchev–Trinajstić information content (AvgIpc) is 2.36. The normalized spacial score (nSPS) is 19.8. The van der Waals surface area contributed by atoms with E-state index in [9.17, 15) is 19.2 Å². The Bertz CT molecular complexity index is 439. The van der Waals surface area contributed by atoms with Gasteiger partial charge in [-0.05, 0) is 24.4 Å². The highest BCUT2D eigenvalue weighted by Crippen LogP contribution is 2.00. The van der Waals surface area contributed by atoms with Gasteiger partial charge in [-0.1, -0.05) is 0 Å².